The van der Waals surface area contributed by atoms with E-state index in [1.165, 1.54) is 9.80 Å². The summed E-state index contributed by atoms with van der Waals surface area (Å²) in [4.78, 5) is 26.0. The van der Waals surface area contributed by atoms with Gasteiger partial charge in [0, 0.05) is 32.7 Å². The number of nitrogens with zero attached hydrogens (tertiary/aromatic N) is 2. The highest BCUT2D eigenvalue weighted by Gasteiger charge is 2.28. The minimum atomic E-state index is -0.428. The van der Waals surface area contributed by atoms with E-state index in [1.54, 1.807) is 7.05 Å². The van der Waals surface area contributed by atoms with E-state index in [9.17, 15) is 9.59 Å². The van der Waals surface area contributed by atoms with Crippen LogP contribution in [-0.4, -0.2) is 54.3 Å². The van der Waals surface area contributed by atoms with E-state index in [1.807, 2.05) is 6.92 Å². The molecule has 1 aliphatic heterocycles. The Hall–Kier alpha value is -1.10. The van der Waals surface area contributed by atoms with Gasteiger partial charge in [-0.1, -0.05) is 0 Å². The van der Waals surface area contributed by atoms with Crippen molar-refractivity contribution in [1.29, 1.82) is 0 Å². The summed E-state index contributed by atoms with van der Waals surface area (Å²) in [5.41, 5.74) is 5.60. The van der Waals surface area contributed by atoms with Crippen LogP contribution in [0.5, 0.6) is 0 Å². The molecule has 1 heterocycles. The fraction of sp³-hybridized carbons (Fsp3) is 0.778. The van der Waals surface area contributed by atoms with Crippen molar-refractivity contribution in [1.82, 2.24) is 9.80 Å². The van der Waals surface area contributed by atoms with Gasteiger partial charge in [0.15, 0.2) is 0 Å². The summed E-state index contributed by atoms with van der Waals surface area (Å²) >= 11 is 0. The molecule has 1 rings (SSSR count). The molecule has 80 valence electrons. The fourth-order valence-electron chi connectivity index (χ4n) is 1.52. The smallest absolute Gasteiger partial charge is 0.312 e. The van der Waals surface area contributed by atoms with Gasteiger partial charge in [-0.15, -0.1) is 0 Å². The predicted octanol–water partition coefficient (Wildman–Crippen LogP) is -0.976. The maximum atomic E-state index is 11.6. The van der Waals surface area contributed by atoms with Crippen molar-refractivity contribution in [2.45, 2.75) is 19.4 Å². The van der Waals surface area contributed by atoms with Gasteiger partial charge < -0.3 is 15.5 Å². The van der Waals surface area contributed by atoms with Gasteiger partial charge in [0.25, 0.3) is 0 Å². The molecule has 1 aliphatic rings. The standard InChI is InChI=1S/C9H17N3O2/c1-7(10)6-12-5-3-4-11(2)8(13)9(12)14/h7H,3-6,10H2,1-2H3. The van der Waals surface area contributed by atoms with Gasteiger partial charge >= 0.3 is 11.8 Å². The average Bonchev–Trinajstić information content (AvgIpc) is 2.21. The Morgan fingerprint density at radius 1 is 1.36 bits per heavy atom. The molecule has 0 bridgehead atoms. The number of hydrogen-bond acceptors (Lipinski definition) is 3. The zero-order valence-electron chi connectivity index (χ0n) is 8.69. The minimum Gasteiger partial charge on any atom is -0.337 e. The normalized spacial score (nSPS) is 21.1. The second kappa shape index (κ2) is 4.41. The van der Waals surface area contributed by atoms with Gasteiger partial charge in [0.05, 0.1) is 0 Å². The SMILES string of the molecule is CC(N)CN1CCCN(C)C(=O)C1=O. The molecule has 0 aliphatic carbocycles. The van der Waals surface area contributed by atoms with Crippen LogP contribution in [0.1, 0.15) is 13.3 Å². The molecule has 1 unspecified atom stereocenters. The van der Waals surface area contributed by atoms with Gasteiger partial charge in [-0.25, -0.2) is 0 Å². The molecular weight excluding hydrogens is 182 g/mol. The largest absolute Gasteiger partial charge is 0.337 e. The predicted molar refractivity (Wildman–Crippen MR) is 52.5 cm³/mol. The highest BCUT2D eigenvalue weighted by molar-refractivity contribution is 6.35. The molecule has 0 aromatic rings. The second-order valence-electron chi connectivity index (χ2n) is 3.81. The highest BCUT2D eigenvalue weighted by Crippen LogP contribution is 2.04. The number of hydrogen-bond donors (Lipinski definition) is 1. The Labute approximate surface area is 83.8 Å². The summed E-state index contributed by atoms with van der Waals surface area (Å²) in [7, 11) is 1.65. The van der Waals surface area contributed by atoms with Crippen LogP contribution < -0.4 is 5.73 Å². The topological polar surface area (TPSA) is 66.6 Å². The number of rotatable bonds is 2. The van der Waals surface area contributed by atoms with E-state index in [-0.39, 0.29) is 6.04 Å². The first-order chi connectivity index (χ1) is 6.52. The maximum Gasteiger partial charge on any atom is 0.312 e. The Morgan fingerprint density at radius 3 is 2.57 bits per heavy atom. The first kappa shape index (κ1) is 11.0. The summed E-state index contributed by atoms with van der Waals surface area (Å²) < 4.78 is 0. The van der Waals surface area contributed by atoms with E-state index in [4.69, 9.17) is 5.73 Å². The van der Waals surface area contributed by atoms with E-state index in [2.05, 4.69) is 0 Å². The van der Waals surface area contributed by atoms with Crippen LogP contribution in [-0.2, 0) is 9.59 Å². The number of carbonyl (C=O) groups is 2. The highest BCUT2D eigenvalue weighted by atomic mass is 16.2. The van der Waals surface area contributed by atoms with Crippen LogP contribution >= 0.6 is 0 Å². The van der Waals surface area contributed by atoms with Crippen LogP contribution in [0.4, 0.5) is 0 Å². The summed E-state index contributed by atoms with van der Waals surface area (Å²) in [6.45, 7) is 3.54. The Bertz CT molecular complexity index is 240. The van der Waals surface area contributed by atoms with Crippen LogP contribution in [0.25, 0.3) is 0 Å². The number of nitrogens with two attached hydrogens (primary N) is 1. The molecule has 0 aromatic heterocycles. The van der Waals surface area contributed by atoms with Gasteiger partial charge in [-0.05, 0) is 13.3 Å². The Morgan fingerprint density at radius 2 is 2.00 bits per heavy atom. The molecule has 0 radical (unpaired) electrons. The lowest BCUT2D eigenvalue weighted by atomic mass is 10.3. The third-order valence-electron chi connectivity index (χ3n) is 2.25. The summed E-state index contributed by atoms with van der Waals surface area (Å²) in [6.07, 6.45) is 0.820. The molecule has 0 aromatic carbocycles. The van der Waals surface area contributed by atoms with Gasteiger partial charge in [-0.3, -0.25) is 9.59 Å². The Kier molecular flexibility index (Phi) is 3.46. The average molecular weight is 199 g/mol. The molecule has 2 N–H and O–H groups in total. The van der Waals surface area contributed by atoms with E-state index >= 15 is 0 Å². The first-order valence-corrected chi connectivity index (χ1v) is 4.82. The number of carbonyl (C=O) groups excluding carboxylic acids is 2. The molecule has 0 spiro atoms. The molecule has 0 saturated carbocycles. The third kappa shape index (κ3) is 2.45. The van der Waals surface area contributed by atoms with Crippen molar-refractivity contribution in [3.05, 3.63) is 0 Å². The summed E-state index contributed by atoms with van der Waals surface area (Å²) in [6, 6.07) is -0.0878. The molecule has 1 atom stereocenters. The number of amides is 2. The fourth-order valence-corrected chi connectivity index (χ4v) is 1.52. The van der Waals surface area contributed by atoms with Crippen LogP contribution in [0.15, 0.2) is 0 Å². The van der Waals surface area contributed by atoms with Crippen LogP contribution in [0, 0.1) is 0 Å². The molecule has 2 amide bonds. The van der Waals surface area contributed by atoms with Crippen LogP contribution in [0.2, 0.25) is 0 Å². The quantitative estimate of drug-likeness (QED) is 0.581. The van der Waals surface area contributed by atoms with Crippen molar-refractivity contribution in [2.24, 2.45) is 5.73 Å². The van der Waals surface area contributed by atoms with Gasteiger partial charge in [0.2, 0.25) is 0 Å². The molecular formula is C9H17N3O2. The molecule has 14 heavy (non-hydrogen) atoms. The first-order valence-electron chi connectivity index (χ1n) is 4.82. The lowest BCUT2D eigenvalue weighted by molar-refractivity contribution is -0.149. The third-order valence-corrected chi connectivity index (χ3v) is 2.25. The Balaban J connectivity index is 2.68. The minimum absolute atomic E-state index is 0.0878. The molecule has 1 saturated heterocycles. The van der Waals surface area contributed by atoms with Crippen molar-refractivity contribution in [3.63, 3.8) is 0 Å². The lowest BCUT2D eigenvalue weighted by Crippen LogP contribution is -2.44. The van der Waals surface area contributed by atoms with E-state index in [0.717, 1.165) is 6.42 Å². The van der Waals surface area contributed by atoms with Crippen LogP contribution in [0.3, 0.4) is 0 Å². The summed E-state index contributed by atoms with van der Waals surface area (Å²) in [5, 5.41) is 0. The zero-order valence-corrected chi connectivity index (χ0v) is 8.69. The van der Waals surface area contributed by atoms with Crippen molar-refractivity contribution < 1.29 is 9.59 Å². The number of likely N-dealkylation sites (N-methyl/N-ethyl adjacent to an activating group) is 1. The summed E-state index contributed by atoms with van der Waals surface area (Å²) in [5.74, 6) is -0.856. The molecule has 5 nitrogen and oxygen atoms in total. The van der Waals surface area contributed by atoms with Crippen molar-refractivity contribution in [3.8, 4) is 0 Å². The lowest BCUT2D eigenvalue weighted by Gasteiger charge is -2.21. The molecule has 5 heteroatoms. The zero-order chi connectivity index (χ0) is 10.7. The second-order valence-corrected chi connectivity index (χ2v) is 3.81. The van der Waals surface area contributed by atoms with Crippen molar-refractivity contribution >= 4 is 11.8 Å². The van der Waals surface area contributed by atoms with Crippen molar-refractivity contribution in [2.75, 3.05) is 26.7 Å². The monoisotopic (exact) mass is 199 g/mol. The maximum absolute atomic E-state index is 11.6. The van der Waals surface area contributed by atoms with E-state index < -0.39 is 11.8 Å². The molecule has 1 fully saturated rings. The van der Waals surface area contributed by atoms with Gasteiger partial charge in [-0.2, -0.15) is 0 Å². The van der Waals surface area contributed by atoms with Gasteiger partial charge in [0.1, 0.15) is 0 Å². The van der Waals surface area contributed by atoms with E-state index in [0.29, 0.717) is 19.6 Å².